The number of thiophene rings is 1. The molecule has 82 valence electrons. The lowest BCUT2D eigenvalue weighted by atomic mass is 10.4. The average Bonchev–Trinajstić information content (AvgIpc) is 2.74. The molecular formula is C11H11N3OS. The maximum atomic E-state index is 11.7. The average molecular weight is 233 g/mol. The number of nitrogens with zero attached hydrogens (tertiary/aromatic N) is 2. The molecule has 5 heteroatoms. The molecule has 2 aromatic rings. The van der Waals surface area contributed by atoms with E-state index >= 15 is 0 Å². The normalized spacial score (nSPS) is 10.1. The maximum absolute atomic E-state index is 11.7. The van der Waals surface area contributed by atoms with Crippen LogP contribution in [0.2, 0.25) is 0 Å². The van der Waals surface area contributed by atoms with Crippen LogP contribution in [0.3, 0.4) is 0 Å². The minimum Gasteiger partial charge on any atom is -0.346 e. The molecule has 1 amide bonds. The summed E-state index contributed by atoms with van der Waals surface area (Å²) < 4.78 is 0. The van der Waals surface area contributed by atoms with Gasteiger partial charge in [0.15, 0.2) is 0 Å². The Morgan fingerprint density at radius 2 is 2.31 bits per heavy atom. The lowest BCUT2D eigenvalue weighted by Gasteiger charge is -2.01. The van der Waals surface area contributed by atoms with Crippen molar-refractivity contribution in [2.45, 2.75) is 13.5 Å². The highest BCUT2D eigenvalue weighted by Gasteiger charge is 2.07. The van der Waals surface area contributed by atoms with Crippen LogP contribution in [0.5, 0.6) is 0 Å². The van der Waals surface area contributed by atoms with Crippen LogP contribution < -0.4 is 5.32 Å². The highest BCUT2D eigenvalue weighted by Crippen LogP contribution is 2.14. The summed E-state index contributed by atoms with van der Waals surface area (Å²) in [5, 5.41) is 2.80. The predicted molar refractivity (Wildman–Crippen MR) is 62.3 cm³/mol. The summed E-state index contributed by atoms with van der Waals surface area (Å²) in [6, 6.07) is 3.76. The number of hydrogen-bond acceptors (Lipinski definition) is 4. The van der Waals surface area contributed by atoms with Crippen molar-refractivity contribution in [2.24, 2.45) is 0 Å². The van der Waals surface area contributed by atoms with Crippen LogP contribution in [-0.2, 0) is 6.54 Å². The van der Waals surface area contributed by atoms with Crippen molar-refractivity contribution >= 4 is 17.2 Å². The molecule has 0 radical (unpaired) electrons. The molecule has 0 fully saturated rings. The zero-order chi connectivity index (χ0) is 11.4. The van der Waals surface area contributed by atoms with Gasteiger partial charge in [-0.3, -0.25) is 14.8 Å². The standard InChI is InChI=1S/C11H11N3OS/c1-8-2-3-10(16-8)11(15)14-7-9-6-12-4-5-13-9/h2-6H,7H2,1H3,(H,14,15). The smallest absolute Gasteiger partial charge is 0.261 e. The summed E-state index contributed by atoms with van der Waals surface area (Å²) in [5.41, 5.74) is 0.754. The SMILES string of the molecule is Cc1ccc(C(=O)NCc2cnccn2)s1. The number of hydrogen-bond donors (Lipinski definition) is 1. The van der Waals surface area contributed by atoms with Gasteiger partial charge in [-0.05, 0) is 19.1 Å². The Morgan fingerprint density at radius 3 is 2.94 bits per heavy atom. The van der Waals surface area contributed by atoms with Crippen LogP contribution in [-0.4, -0.2) is 15.9 Å². The number of aromatic nitrogens is 2. The molecule has 1 N–H and O–H groups in total. The second-order valence-electron chi connectivity index (χ2n) is 3.29. The first-order valence-corrected chi connectivity index (χ1v) is 5.67. The lowest BCUT2D eigenvalue weighted by Crippen LogP contribution is -2.22. The molecule has 4 nitrogen and oxygen atoms in total. The molecule has 0 aliphatic carbocycles. The summed E-state index contributed by atoms with van der Waals surface area (Å²) in [5.74, 6) is -0.0660. The van der Waals surface area contributed by atoms with Gasteiger partial charge in [-0.2, -0.15) is 0 Å². The first kappa shape index (κ1) is 10.8. The Balaban J connectivity index is 1.94. The largest absolute Gasteiger partial charge is 0.346 e. The third-order valence-corrected chi connectivity index (χ3v) is 3.01. The Bertz CT molecular complexity index is 481. The minimum atomic E-state index is -0.0660. The molecule has 0 saturated heterocycles. The molecule has 0 atom stereocenters. The third kappa shape index (κ3) is 2.64. The molecule has 16 heavy (non-hydrogen) atoms. The zero-order valence-corrected chi connectivity index (χ0v) is 9.62. The van der Waals surface area contributed by atoms with Crippen LogP contribution in [0, 0.1) is 6.92 Å². The van der Waals surface area contributed by atoms with Crippen LogP contribution in [0.25, 0.3) is 0 Å². The topological polar surface area (TPSA) is 54.9 Å². The molecular weight excluding hydrogens is 222 g/mol. The van der Waals surface area contributed by atoms with Crippen LogP contribution in [0.1, 0.15) is 20.2 Å². The first-order valence-electron chi connectivity index (χ1n) is 4.85. The lowest BCUT2D eigenvalue weighted by molar-refractivity contribution is 0.0954. The highest BCUT2D eigenvalue weighted by atomic mass is 32.1. The molecule has 2 aromatic heterocycles. The molecule has 2 rings (SSSR count). The Kier molecular flexibility index (Phi) is 3.26. The van der Waals surface area contributed by atoms with E-state index in [1.165, 1.54) is 11.3 Å². The van der Waals surface area contributed by atoms with Gasteiger partial charge in [0.2, 0.25) is 0 Å². The van der Waals surface area contributed by atoms with Gasteiger partial charge in [-0.25, -0.2) is 0 Å². The van der Waals surface area contributed by atoms with E-state index in [2.05, 4.69) is 15.3 Å². The summed E-state index contributed by atoms with van der Waals surface area (Å²) in [6.45, 7) is 2.38. The minimum absolute atomic E-state index is 0.0660. The molecule has 0 aromatic carbocycles. The van der Waals surface area contributed by atoms with Crippen molar-refractivity contribution < 1.29 is 4.79 Å². The third-order valence-electron chi connectivity index (χ3n) is 2.01. The van der Waals surface area contributed by atoms with Gasteiger partial charge in [-0.15, -0.1) is 11.3 Å². The second kappa shape index (κ2) is 4.85. The second-order valence-corrected chi connectivity index (χ2v) is 4.58. The van der Waals surface area contributed by atoms with E-state index in [-0.39, 0.29) is 5.91 Å². The maximum Gasteiger partial charge on any atom is 0.261 e. The first-order chi connectivity index (χ1) is 7.75. The molecule has 0 bridgehead atoms. The van der Waals surface area contributed by atoms with Gasteiger partial charge in [-0.1, -0.05) is 0 Å². The fraction of sp³-hybridized carbons (Fsp3) is 0.182. The number of carbonyl (C=O) groups excluding carboxylic acids is 1. The van der Waals surface area contributed by atoms with E-state index in [1.807, 2.05) is 19.1 Å². The van der Waals surface area contributed by atoms with Crippen LogP contribution in [0.15, 0.2) is 30.7 Å². The van der Waals surface area contributed by atoms with Crippen LogP contribution >= 0.6 is 11.3 Å². The van der Waals surface area contributed by atoms with Gasteiger partial charge < -0.3 is 5.32 Å². The van der Waals surface area contributed by atoms with Crippen LogP contribution in [0.4, 0.5) is 0 Å². The molecule has 0 unspecified atom stereocenters. The molecule has 2 heterocycles. The van der Waals surface area contributed by atoms with E-state index in [9.17, 15) is 4.79 Å². The van der Waals surface area contributed by atoms with E-state index in [0.29, 0.717) is 6.54 Å². The van der Waals surface area contributed by atoms with Crippen molar-refractivity contribution in [3.63, 3.8) is 0 Å². The van der Waals surface area contributed by atoms with Crippen molar-refractivity contribution in [1.82, 2.24) is 15.3 Å². The fourth-order valence-electron chi connectivity index (χ4n) is 1.24. The zero-order valence-electron chi connectivity index (χ0n) is 8.80. The number of nitrogens with one attached hydrogen (secondary N) is 1. The van der Waals surface area contributed by atoms with Gasteiger partial charge in [0.25, 0.3) is 5.91 Å². The molecule has 0 aliphatic heterocycles. The Hall–Kier alpha value is -1.75. The fourth-order valence-corrected chi connectivity index (χ4v) is 2.02. The summed E-state index contributed by atoms with van der Waals surface area (Å²) >= 11 is 1.48. The van der Waals surface area contributed by atoms with Gasteiger partial charge in [0.1, 0.15) is 0 Å². The van der Waals surface area contributed by atoms with Gasteiger partial charge >= 0.3 is 0 Å². The van der Waals surface area contributed by atoms with Crippen molar-refractivity contribution in [2.75, 3.05) is 0 Å². The number of carbonyl (C=O) groups is 1. The Morgan fingerprint density at radius 1 is 1.44 bits per heavy atom. The number of amides is 1. The van der Waals surface area contributed by atoms with Crippen molar-refractivity contribution in [1.29, 1.82) is 0 Å². The molecule has 0 aliphatic rings. The predicted octanol–water partition coefficient (Wildman–Crippen LogP) is 1.78. The van der Waals surface area contributed by atoms with E-state index in [4.69, 9.17) is 0 Å². The van der Waals surface area contributed by atoms with E-state index < -0.39 is 0 Å². The summed E-state index contributed by atoms with van der Waals surface area (Å²) in [4.78, 5) is 21.5. The quantitative estimate of drug-likeness (QED) is 0.879. The van der Waals surface area contributed by atoms with Crippen molar-refractivity contribution in [3.8, 4) is 0 Å². The number of aryl methyl sites for hydroxylation is 1. The molecule has 0 saturated carbocycles. The monoisotopic (exact) mass is 233 g/mol. The summed E-state index contributed by atoms with van der Waals surface area (Å²) in [6.07, 6.45) is 4.85. The van der Waals surface area contributed by atoms with E-state index in [1.54, 1.807) is 18.6 Å². The van der Waals surface area contributed by atoms with E-state index in [0.717, 1.165) is 15.4 Å². The Labute approximate surface area is 97.4 Å². The van der Waals surface area contributed by atoms with Gasteiger partial charge in [0.05, 0.1) is 23.3 Å². The number of rotatable bonds is 3. The summed E-state index contributed by atoms with van der Waals surface area (Å²) in [7, 11) is 0. The van der Waals surface area contributed by atoms with Crippen molar-refractivity contribution in [3.05, 3.63) is 46.2 Å². The molecule has 0 spiro atoms. The van der Waals surface area contributed by atoms with Gasteiger partial charge in [0, 0.05) is 17.3 Å². The highest BCUT2D eigenvalue weighted by molar-refractivity contribution is 7.13.